The minimum atomic E-state index is -0.994. The number of aliphatic hydroxyl groups is 1. The molecule has 1 rings (SSSR count). The van der Waals surface area contributed by atoms with Crippen molar-refractivity contribution in [2.45, 2.75) is 5.75 Å². The molecule has 0 heterocycles. The summed E-state index contributed by atoms with van der Waals surface area (Å²) < 4.78 is 5.01. The van der Waals surface area contributed by atoms with Gasteiger partial charge in [0, 0.05) is 11.5 Å². The Kier molecular flexibility index (Phi) is 5.14. The van der Waals surface area contributed by atoms with Gasteiger partial charge in [0.25, 0.3) is 0 Å². The first-order chi connectivity index (χ1) is 7.69. The average molecular weight is 242 g/mol. The molecule has 0 saturated heterocycles. The van der Waals surface area contributed by atoms with Gasteiger partial charge in [-0.25, -0.2) is 4.79 Å². The highest BCUT2D eigenvalue weighted by Gasteiger charge is 2.10. The Labute approximate surface area is 98.2 Å². The van der Waals surface area contributed by atoms with E-state index in [1.165, 1.54) is 13.2 Å². The predicted molar refractivity (Wildman–Crippen MR) is 63.2 cm³/mol. The second kappa shape index (κ2) is 6.40. The first-order valence-electron chi connectivity index (χ1n) is 4.78. The lowest BCUT2D eigenvalue weighted by molar-refractivity contribution is 0.0693. The van der Waals surface area contributed by atoms with Gasteiger partial charge in [0.05, 0.1) is 13.7 Å². The van der Waals surface area contributed by atoms with Crippen LogP contribution in [0.1, 0.15) is 15.9 Å². The number of rotatable bonds is 6. The highest BCUT2D eigenvalue weighted by molar-refractivity contribution is 7.98. The Hall–Kier alpha value is -1.20. The Bertz CT molecular complexity index is 365. The van der Waals surface area contributed by atoms with Crippen molar-refractivity contribution in [3.05, 3.63) is 29.3 Å². The van der Waals surface area contributed by atoms with E-state index in [9.17, 15) is 4.79 Å². The van der Waals surface area contributed by atoms with Crippen LogP contribution in [0.3, 0.4) is 0 Å². The lowest BCUT2D eigenvalue weighted by atomic mass is 10.1. The molecular weight excluding hydrogens is 228 g/mol. The number of carboxylic acid groups (broad SMARTS) is 1. The maximum Gasteiger partial charge on any atom is 0.339 e. The van der Waals surface area contributed by atoms with E-state index in [4.69, 9.17) is 14.9 Å². The second-order valence-electron chi connectivity index (χ2n) is 3.12. The van der Waals surface area contributed by atoms with E-state index in [0.717, 1.165) is 11.3 Å². The smallest absolute Gasteiger partial charge is 0.339 e. The molecule has 0 aliphatic rings. The van der Waals surface area contributed by atoms with Gasteiger partial charge < -0.3 is 14.9 Å². The molecule has 0 spiro atoms. The molecule has 16 heavy (non-hydrogen) atoms. The van der Waals surface area contributed by atoms with Crippen LogP contribution in [0.25, 0.3) is 0 Å². The molecule has 0 unspecified atom stereocenters. The van der Waals surface area contributed by atoms with Crippen LogP contribution in [0.5, 0.6) is 5.75 Å². The van der Waals surface area contributed by atoms with E-state index in [2.05, 4.69) is 0 Å². The maximum absolute atomic E-state index is 10.8. The third-order valence-corrected chi connectivity index (χ3v) is 3.01. The normalized spacial score (nSPS) is 10.1. The van der Waals surface area contributed by atoms with Crippen molar-refractivity contribution in [2.75, 3.05) is 19.5 Å². The molecule has 0 saturated carbocycles. The Morgan fingerprint density at radius 1 is 1.50 bits per heavy atom. The summed E-state index contributed by atoms with van der Waals surface area (Å²) in [6.07, 6.45) is 0. The van der Waals surface area contributed by atoms with Crippen LogP contribution in [-0.2, 0) is 5.75 Å². The van der Waals surface area contributed by atoms with E-state index >= 15 is 0 Å². The van der Waals surface area contributed by atoms with Crippen molar-refractivity contribution < 1.29 is 19.7 Å². The number of carboxylic acids is 1. The first kappa shape index (κ1) is 12.9. The fourth-order valence-electron chi connectivity index (χ4n) is 1.26. The molecular formula is C11H14O4S. The van der Waals surface area contributed by atoms with E-state index in [-0.39, 0.29) is 12.2 Å². The van der Waals surface area contributed by atoms with Crippen molar-refractivity contribution in [1.82, 2.24) is 0 Å². The molecule has 88 valence electrons. The monoisotopic (exact) mass is 242 g/mol. The quantitative estimate of drug-likeness (QED) is 0.742. The number of hydrogen-bond donors (Lipinski definition) is 2. The van der Waals surface area contributed by atoms with Gasteiger partial charge in [-0.1, -0.05) is 6.07 Å². The summed E-state index contributed by atoms with van der Waals surface area (Å²) in [6, 6.07) is 5.01. The van der Waals surface area contributed by atoms with Gasteiger partial charge in [-0.3, -0.25) is 0 Å². The molecule has 5 heteroatoms. The maximum atomic E-state index is 10.8. The van der Waals surface area contributed by atoms with Crippen LogP contribution >= 0.6 is 11.8 Å². The summed E-state index contributed by atoms with van der Waals surface area (Å²) in [5.41, 5.74) is 1.15. The van der Waals surface area contributed by atoms with Gasteiger partial charge in [-0.05, 0) is 17.7 Å². The summed E-state index contributed by atoms with van der Waals surface area (Å²) in [5, 5.41) is 17.5. The van der Waals surface area contributed by atoms with Gasteiger partial charge in [0.2, 0.25) is 0 Å². The number of methoxy groups -OCH3 is 1. The highest BCUT2D eigenvalue weighted by Crippen LogP contribution is 2.22. The van der Waals surface area contributed by atoms with Crippen LogP contribution in [0.15, 0.2) is 18.2 Å². The van der Waals surface area contributed by atoms with E-state index in [1.54, 1.807) is 23.9 Å². The van der Waals surface area contributed by atoms with Gasteiger partial charge in [-0.15, -0.1) is 0 Å². The number of ether oxygens (including phenoxy) is 1. The lowest BCUT2D eigenvalue weighted by Crippen LogP contribution is -2.01. The van der Waals surface area contributed by atoms with Crippen LogP contribution < -0.4 is 4.74 Å². The minimum absolute atomic E-state index is 0.148. The van der Waals surface area contributed by atoms with Gasteiger partial charge in [0.1, 0.15) is 11.3 Å². The van der Waals surface area contributed by atoms with Crippen LogP contribution in [-0.4, -0.2) is 35.7 Å². The van der Waals surface area contributed by atoms with Gasteiger partial charge in [0.15, 0.2) is 0 Å². The number of aromatic carboxylic acids is 1. The number of hydrogen-bond acceptors (Lipinski definition) is 4. The summed E-state index contributed by atoms with van der Waals surface area (Å²) in [7, 11) is 1.45. The summed E-state index contributed by atoms with van der Waals surface area (Å²) >= 11 is 1.59. The van der Waals surface area contributed by atoms with Crippen molar-refractivity contribution in [2.24, 2.45) is 0 Å². The van der Waals surface area contributed by atoms with Gasteiger partial charge >= 0.3 is 5.97 Å². The minimum Gasteiger partial charge on any atom is -0.496 e. The molecule has 0 radical (unpaired) electrons. The third kappa shape index (κ3) is 3.43. The molecule has 0 amide bonds. The molecule has 0 aliphatic carbocycles. The number of carbonyl (C=O) groups is 1. The molecule has 2 N–H and O–H groups in total. The van der Waals surface area contributed by atoms with E-state index in [1.807, 2.05) is 0 Å². The predicted octanol–water partition coefficient (Wildman–Crippen LogP) is 1.62. The fourth-order valence-corrected chi connectivity index (χ4v) is 1.95. The topological polar surface area (TPSA) is 66.8 Å². The van der Waals surface area contributed by atoms with Crippen molar-refractivity contribution in [3.63, 3.8) is 0 Å². The fraction of sp³-hybridized carbons (Fsp3) is 0.364. The van der Waals surface area contributed by atoms with Crippen molar-refractivity contribution >= 4 is 17.7 Å². The zero-order chi connectivity index (χ0) is 12.0. The molecule has 0 aliphatic heterocycles. The zero-order valence-electron chi connectivity index (χ0n) is 8.97. The number of aliphatic hydroxyl groups excluding tert-OH is 1. The molecule has 1 aromatic rings. The van der Waals surface area contributed by atoms with E-state index < -0.39 is 5.97 Å². The molecule has 4 nitrogen and oxygen atoms in total. The van der Waals surface area contributed by atoms with Crippen LogP contribution in [0.2, 0.25) is 0 Å². The molecule has 0 aromatic heterocycles. The standard InChI is InChI=1S/C11H14O4S/c1-15-10-6-8(7-16-5-4-12)2-3-9(10)11(13)14/h2-3,6,12H,4-5,7H2,1H3,(H,13,14). The largest absolute Gasteiger partial charge is 0.496 e. The highest BCUT2D eigenvalue weighted by atomic mass is 32.2. The molecule has 0 atom stereocenters. The Morgan fingerprint density at radius 2 is 2.25 bits per heavy atom. The summed E-state index contributed by atoms with van der Waals surface area (Å²) in [5.74, 6) is 0.779. The Balaban J connectivity index is 2.78. The molecule has 0 fully saturated rings. The van der Waals surface area contributed by atoms with Crippen LogP contribution in [0.4, 0.5) is 0 Å². The first-order valence-corrected chi connectivity index (χ1v) is 5.93. The summed E-state index contributed by atoms with van der Waals surface area (Å²) in [4.78, 5) is 10.8. The van der Waals surface area contributed by atoms with Crippen molar-refractivity contribution in [1.29, 1.82) is 0 Å². The molecule has 1 aromatic carbocycles. The lowest BCUT2D eigenvalue weighted by Gasteiger charge is -2.07. The van der Waals surface area contributed by atoms with Crippen LogP contribution in [0, 0.1) is 0 Å². The van der Waals surface area contributed by atoms with Crippen molar-refractivity contribution in [3.8, 4) is 5.75 Å². The Morgan fingerprint density at radius 3 is 2.81 bits per heavy atom. The van der Waals surface area contributed by atoms with E-state index in [0.29, 0.717) is 11.5 Å². The average Bonchev–Trinajstić information content (AvgIpc) is 2.29. The third-order valence-electron chi connectivity index (χ3n) is 2.00. The SMILES string of the molecule is COc1cc(CSCCO)ccc1C(=O)O. The molecule has 0 bridgehead atoms. The summed E-state index contributed by atoms with van der Waals surface area (Å²) in [6.45, 7) is 0.148. The second-order valence-corrected chi connectivity index (χ2v) is 4.22. The number of benzene rings is 1. The zero-order valence-corrected chi connectivity index (χ0v) is 9.79. The van der Waals surface area contributed by atoms with Gasteiger partial charge in [-0.2, -0.15) is 11.8 Å². The number of thioether (sulfide) groups is 1.